The van der Waals surface area contributed by atoms with Crippen molar-refractivity contribution in [3.63, 3.8) is 0 Å². The second kappa shape index (κ2) is 7.00. The summed E-state index contributed by atoms with van der Waals surface area (Å²) >= 11 is 0. The van der Waals surface area contributed by atoms with Gasteiger partial charge in [0.1, 0.15) is 0 Å². The van der Waals surface area contributed by atoms with Gasteiger partial charge in [0.2, 0.25) is 5.91 Å². The van der Waals surface area contributed by atoms with Gasteiger partial charge in [-0.2, -0.15) is 0 Å². The van der Waals surface area contributed by atoms with Crippen LogP contribution in [0.1, 0.15) is 65.2 Å². The van der Waals surface area contributed by atoms with Gasteiger partial charge in [-0.3, -0.25) is 4.79 Å². The Labute approximate surface area is 106 Å². The molecule has 1 aliphatic carbocycles. The predicted molar refractivity (Wildman–Crippen MR) is 71.7 cm³/mol. The number of hydrogen-bond donors (Lipinski definition) is 2. The molecule has 0 heterocycles. The number of carbonyl (C=O) groups excluding carboxylic acids is 1. The minimum atomic E-state index is -0.174. The molecule has 1 fully saturated rings. The lowest BCUT2D eigenvalue weighted by atomic mass is 9.92. The summed E-state index contributed by atoms with van der Waals surface area (Å²) in [5.74, 6) is 0.974. The van der Waals surface area contributed by atoms with Gasteiger partial charge in [0, 0.05) is 13.0 Å². The Kier molecular flexibility index (Phi) is 5.96. The van der Waals surface area contributed by atoms with Crippen LogP contribution in [0, 0.1) is 5.92 Å². The fourth-order valence-corrected chi connectivity index (χ4v) is 2.76. The van der Waals surface area contributed by atoms with Crippen molar-refractivity contribution in [2.24, 2.45) is 11.7 Å². The highest BCUT2D eigenvalue weighted by atomic mass is 16.1. The van der Waals surface area contributed by atoms with Gasteiger partial charge in [0.25, 0.3) is 0 Å². The molecule has 0 aromatic rings. The molecular weight excluding hydrogens is 212 g/mol. The SMILES string of the molecule is CCC(CC)(CN)NC(=O)CCC1CCCC1. The molecule has 1 amide bonds. The quantitative estimate of drug-likeness (QED) is 0.718. The maximum absolute atomic E-state index is 11.9. The summed E-state index contributed by atoms with van der Waals surface area (Å²) in [6.07, 6.45) is 8.89. The van der Waals surface area contributed by atoms with Crippen molar-refractivity contribution in [3.8, 4) is 0 Å². The molecule has 0 radical (unpaired) electrons. The molecule has 1 rings (SSSR count). The number of rotatable bonds is 7. The predicted octanol–water partition coefficient (Wildman–Crippen LogP) is 2.59. The molecule has 0 atom stereocenters. The van der Waals surface area contributed by atoms with Crippen LogP contribution < -0.4 is 11.1 Å². The van der Waals surface area contributed by atoms with Crippen LogP contribution in [-0.2, 0) is 4.79 Å². The van der Waals surface area contributed by atoms with Gasteiger partial charge < -0.3 is 11.1 Å². The Morgan fingerprint density at radius 3 is 2.35 bits per heavy atom. The van der Waals surface area contributed by atoms with E-state index < -0.39 is 0 Å². The van der Waals surface area contributed by atoms with Crippen LogP contribution in [0.3, 0.4) is 0 Å². The fourth-order valence-electron chi connectivity index (χ4n) is 2.76. The standard InChI is InChI=1S/C14H28N2O/c1-3-14(4-2,11-15)16-13(17)10-9-12-7-5-6-8-12/h12H,3-11,15H2,1-2H3,(H,16,17). The summed E-state index contributed by atoms with van der Waals surface area (Å²) in [7, 11) is 0. The molecule has 0 bridgehead atoms. The van der Waals surface area contributed by atoms with Gasteiger partial charge in [-0.05, 0) is 25.2 Å². The highest BCUT2D eigenvalue weighted by Crippen LogP contribution is 2.28. The lowest BCUT2D eigenvalue weighted by Crippen LogP contribution is -2.52. The van der Waals surface area contributed by atoms with Crippen LogP contribution in [0.5, 0.6) is 0 Å². The summed E-state index contributed by atoms with van der Waals surface area (Å²) in [4.78, 5) is 11.9. The van der Waals surface area contributed by atoms with Gasteiger partial charge in [-0.15, -0.1) is 0 Å². The zero-order chi connectivity index (χ0) is 12.7. The number of nitrogens with one attached hydrogen (secondary N) is 1. The molecule has 1 saturated carbocycles. The van der Waals surface area contributed by atoms with Crippen molar-refractivity contribution >= 4 is 5.91 Å². The zero-order valence-electron chi connectivity index (χ0n) is 11.4. The summed E-state index contributed by atoms with van der Waals surface area (Å²) in [5, 5.41) is 3.14. The summed E-state index contributed by atoms with van der Waals surface area (Å²) in [6, 6.07) is 0. The van der Waals surface area contributed by atoms with E-state index in [1.165, 1.54) is 25.7 Å². The van der Waals surface area contributed by atoms with Crippen molar-refractivity contribution in [1.82, 2.24) is 5.32 Å². The third-order valence-electron chi connectivity index (χ3n) is 4.40. The molecule has 0 aliphatic heterocycles. The summed E-state index contributed by atoms with van der Waals surface area (Å²) in [6.45, 7) is 4.72. The molecule has 0 saturated heterocycles. The monoisotopic (exact) mass is 240 g/mol. The number of carbonyl (C=O) groups is 1. The highest BCUT2D eigenvalue weighted by Gasteiger charge is 2.26. The Bertz CT molecular complexity index is 222. The van der Waals surface area contributed by atoms with Crippen LogP contribution in [0.15, 0.2) is 0 Å². The first-order valence-electron chi connectivity index (χ1n) is 7.17. The van der Waals surface area contributed by atoms with Crippen molar-refractivity contribution < 1.29 is 4.79 Å². The van der Waals surface area contributed by atoms with Crippen molar-refractivity contribution in [3.05, 3.63) is 0 Å². The average molecular weight is 240 g/mol. The summed E-state index contributed by atoms with van der Waals surface area (Å²) in [5.41, 5.74) is 5.61. The molecule has 0 aromatic carbocycles. The van der Waals surface area contributed by atoms with E-state index in [0.29, 0.717) is 13.0 Å². The topological polar surface area (TPSA) is 55.1 Å². The smallest absolute Gasteiger partial charge is 0.220 e. The van der Waals surface area contributed by atoms with Crippen LogP contribution in [0.4, 0.5) is 0 Å². The molecule has 0 spiro atoms. The highest BCUT2D eigenvalue weighted by molar-refractivity contribution is 5.76. The van der Waals surface area contributed by atoms with E-state index in [1.54, 1.807) is 0 Å². The molecule has 0 aromatic heterocycles. The fraction of sp³-hybridized carbons (Fsp3) is 0.929. The first kappa shape index (κ1) is 14.5. The maximum atomic E-state index is 11.9. The van der Waals surface area contributed by atoms with Gasteiger partial charge in [0.15, 0.2) is 0 Å². The molecule has 0 unspecified atom stereocenters. The molecule has 3 N–H and O–H groups in total. The molecule has 17 heavy (non-hydrogen) atoms. The van der Waals surface area contributed by atoms with E-state index in [0.717, 1.165) is 25.2 Å². The normalized spacial score (nSPS) is 17.4. The van der Waals surface area contributed by atoms with Crippen LogP contribution in [-0.4, -0.2) is 18.0 Å². The minimum Gasteiger partial charge on any atom is -0.349 e. The lowest BCUT2D eigenvalue weighted by molar-refractivity contribution is -0.123. The van der Waals surface area contributed by atoms with Gasteiger partial charge >= 0.3 is 0 Å². The van der Waals surface area contributed by atoms with Gasteiger partial charge in [-0.1, -0.05) is 39.5 Å². The Morgan fingerprint density at radius 2 is 1.88 bits per heavy atom. The maximum Gasteiger partial charge on any atom is 0.220 e. The first-order chi connectivity index (χ1) is 8.15. The van der Waals surface area contributed by atoms with E-state index in [1.807, 2.05) is 0 Å². The van der Waals surface area contributed by atoms with Crippen molar-refractivity contribution in [1.29, 1.82) is 0 Å². The molecule has 100 valence electrons. The van der Waals surface area contributed by atoms with Gasteiger partial charge in [0.05, 0.1) is 5.54 Å². The average Bonchev–Trinajstić information content (AvgIpc) is 2.87. The Balaban J connectivity index is 2.31. The first-order valence-corrected chi connectivity index (χ1v) is 7.17. The van der Waals surface area contributed by atoms with Crippen LogP contribution in [0.25, 0.3) is 0 Å². The van der Waals surface area contributed by atoms with Crippen molar-refractivity contribution in [2.75, 3.05) is 6.54 Å². The van der Waals surface area contributed by atoms with E-state index in [2.05, 4.69) is 19.2 Å². The molecule has 1 aliphatic rings. The minimum absolute atomic E-state index is 0.174. The lowest BCUT2D eigenvalue weighted by Gasteiger charge is -2.31. The Hall–Kier alpha value is -0.570. The molecular formula is C14H28N2O. The molecule has 3 nitrogen and oxygen atoms in total. The van der Waals surface area contributed by atoms with Crippen LogP contribution >= 0.6 is 0 Å². The second-order valence-corrected chi connectivity index (χ2v) is 5.43. The van der Waals surface area contributed by atoms with Crippen molar-refractivity contribution in [2.45, 2.75) is 70.8 Å². The number of hydrogen-bond acceptors (Lipinski definition) is 2. The second-order valence-electron chi connectivity index (χ2n) is 5.43. The Morgan fingerprint density at radius 1 is 1.29 bits per heavy atom. The zero-order valence-corrected chi connectivity index (χ0v) is 11.4. The largest absolute Gasteiger partial charge is 0.349 e. The number of amides is 1. The number of nitrogens with two attached hydrogens (primary N) is 1. The van der Waals surface area contributed by atoms with Crippen LogP contribution in [0.2, 0.25) is 0 Å². The molecule has 3 heteroatoms. The third-order valence-corrected chi connectivity index (χ3v) is 4.40. The third kappa shape index (κ3) is 4.30. The van der Waals surface area contributed by atoms with E-state index in [9.17, 15) is 4.79 Å². The van der Waals surface area contributed by atoms with E-state index in [4.69, 9.17) is 5.73 Å². The van der Waals surface area contributed by atoms with E-state index in [-0.39, 0.29) is 11.4 Å². The summed E-state index contributed by atoms with van der Waals surface area (Å²) < 4.78 is 0. The van der Waals surface area contributed by atoms with E-state index >= 15 is 0 Å². The van der Waals surface area contributed by atoms with Gasteiger partial charge in [-0.25, -0.2) is 0 Å².